The van der Waals surface area contributed by atoms with E-state index in [-0.39, 0.29) is 0 Å². The fourth-order valence-electron chi connectivity index (χ4n) is 4.07. The molecule has 2 N–H and O–H groups in total. The summed E-state index contributed by atoms with van der Waals surface area (Å²) in [7, 11) is 2.22. The van der Waals surface area contributed by atoms with Gasteiger partial charge in [-0.05, 0) is 61.8 Å². The third kappa shape index (κ3) is 2.90. The molecule has 1 aromatic rings. The van der Waals surface area contributed by atoms with Gasteiger partial charge in [0.25, 0.3) is 0 Å². The zero-order valence-electron chi connectivity index (χ0n) is 11.6. The molecule has 0 saturated heterocycles. The van der Waals surface area contributed by atoms with E-state index in [1.807, 2.05) is 12.1 Å². The van der Waals surface area contributed by atoms with Gasteiger partial charge in [0, 0.05) is 13.1 Å². The van der Waals surface area contributed by atoms with Crippen LogP contribution in [0.2, 0.25) is 5.02 Å². The zero-order chi connectivity index (χ0) is 13.4. The van der Waals surface area contributed by atoms with Crippen LogP contribution >= 0.6 is 11.6 Å². The summed E-state index contributed by atoms with van der Waals surface area (Å²) in [5.41, 5.74) is 7.80. The molecule has 0 spiro atoms. The Kier molecular flexibility index (Phi) is 3.72. The first-order chi connectivity index (χ1) is 9.11. The second-order valence-electron chi connectivity index (χ2n) is 6.49. The molecule has 0 amide bonds. The summed E-state index contributed by atoms with van der Waals surface area (Å²) in [4.78, 5) is 2.44. The van der Waals surface area contributed by atoms with Crippen molar-refractivity contribution in [3.63, 3.8) is 0 Å². The van der Waals surface area contributed by atoms with E-state index in [2.05, 4.69) is 18.0 Å². The van der Waals surface area contributed by atoms with Gasteiger partial charge in [0.1, 0.15) is 0 Å². The highest BCUT2D eigenvalue weighted by Crippen LogP contribution is 2.48. The molecule has 2 saturated carbocycles. The van der Waals surface area contributed by atoms with Crippen LogP contribution in [0.4, 0.5) is 5.69 Å². The van der Waals surface area contributed by atoms with Gasteiger partial charge in [0.2, 0.25) is 0 Å². The van der Waals surface area contributed by atoms with Gasteiger partial charge in [-0.3, -0.25) is 0 Å². The van der Waals surface area contributed by atoms with Gasteiger partial charge in [-0.2, -0.15) is 0 Å². The van der Waals surface area contributed by atoms with E-state index in [9.17, 15) is 0 Å². The summed E-state index contributed by atoms with van der Waals surface area (Å²) in [5, 5.41) is 0.652. The Bertz CT molecular complexity index is 460. The summed E-state index contributed by atoms with van der Waals surface area (Å²) in [6, 6.07) is 5.98. The first-order valence-corrected chi connectivity index (χ1v) is 7.72. The number of fused-ring (bicyclic) bond motifs is 2. The quantitative estimate of drug-likeness (QED) is 0.849. The van der Waals surface area contributed by atoms with E-state index in [1.54, 1.807) is 0 Å². The van der Waals surface area contributed by atoms with Crippen molar-refractivity contribution in [1.82, 2.24) is 4.90 Å². The van der Waals surface area contributed by atoms with Crippen LogP contribution < -0.4 is 5.73 Å². The average Bonchev–Trinajstić information content (AvgIpc) is 2.96. The lowest BCUT2D eigenvalue weighted by molar-refractivity contribution is 0.214. The number of anilines is 1. The molecule has 2 aliphatic rings. The fraction of sp³-hybridized carbons (Fsp3) is 0.625. The van der Waals surface area contributed by atoms with Crippen LogP contribution in [-0.4, -0.2) is 18.5 Å². The zero-order valence-corrected chi connectivity index (χ0v) is 12.4. The minimum absolute atomic E-state index is 0.652. The molecule has 0 aromatic heterocycles. The van der Waals surface area contributed by atoms with Crippen molar-refractivity contribution in [2.24, 2.45) is 17.8 Å². The number of nitrogens with two attached hydrogens (primary N) is 1. The highest BCUT2D eigenvalue weighted by molar-refractivity contribution is 6.33. The number of halogens is 1. The van der Waals surface area contributed by atoms with E-state index in [1.165, 1.54) is 37.8 Å². The summed E-state index contributed by atoms with van der Waals surface area (Å²) >= 11 is 5.96. The Morgan fingerprint density at radius 3 is 2.79 bits per heavy atom. The van der Waals surface area contributed by atoms with Crippen molar-refractivity contribution >= 4 is 17.3 Å². The normalized spacial score (nSPS) is 29.3. The van der Waals surface area contributed by atoms with Gasteiger partial charge >= 0.3 is 0 Å². The minimum atomic E-state index is 0.652. The van der Waals surface area contributed by atoms with E-state index in [0.29, 0.717) is 10.7 Å². The largest absolute Gasteiger partial charge is 0.398 e. The van der Waals surface area contributed by atoms with Crippen LogP contribution in [0.5, 0.6) is 0 Å². The van der Waals surface area contributed by atoms with Gasteiger partial charge in [0.15, 0.2) is 0 Å². The molecular formula is C16H23ClN2. The summed E-state index contributed by atoms with van der Waals surface area (Å²) in [6.07, 6.45) is 5.90. The number of rotatable bonds is 4. The third-order valence-electron chi connectivity index (χ3n) is 4.94. The first-order valence-electron chi connectivity index (χ1n) is 7.34. The maximum Gasteiger partial charge on any atom is 0.0635 e. The van der Waals surface area contributed by atoms with Crippen LogP contribution in [0.25, 0.3) is 0 Å². The van der Waals surface area contributed by atoms with Gasteiger partial charge in [-0.25, -0.2) is 0 Å². The van der Waals surface area contributed by atoms with Crippen molar-refractivity contribution < 1.29 is 0 Å². The number of benzene rings is 1. The van der Waals surface area contributed by atoms with Crippen molar-refractivity contribution in [3.05, 3.63) is 28.8 Å². The predicted octanol–water partition coefficient (Wildman–Crippen LogP) is 3.79. The Labute approximate surface area is 120 Å². The number of nitrogen functional groups attached to an aromatic ring is 1. The van der Waals surface area contributed by atoms with Crippen molar-refractivity contribution in [3.8, 4) is 0 Å². The maximum atomic E-state index is 5.96. The summed E-state index contributed by atoms with van der Waals surface area (Å²) < 4.78 is 0. The van der Waals surface area contributed by atoms with Crippen LogP contribution in [0.1, 0.15) is 31.2 Å². The van der Waals surface area contributed by atoms with Gasteiger partial charge in [-0.1, -0.05) is 24.1 Å². The second-order valence-corrected chi connectivity index (χ2v) is 6.89. The Hall–Kier alpha value is -0.730. The highest BCUT2D eigenvalue weighted by Gasteiger charge is 2.39. The molecule has 19 heavy (non-hydrogen) atoms. The molecule has 0 radical (unpaired) electrons. The monoisotopic (exact) mass is 278 g/mol. The lowest BCUT2D eigenvalue weighted by Crippen LogP contribution is -2.28. The van der Waals surface area contributed by atoms with Gasteiger partial charge < -0.3 is 10.6 Å². The predicted molar refractivity (Wildman–Crippen MR) is 81.1 cm³/mol. The molecule has 3 unspecified atom stereocenters. The standard InChI is InChI=1S/C16H23ClN2/c1-19(9-12-3-5-15(17)16(18)8-12)10-14-7-11-2-4-13(14)6-11/h3,5,8,11,13-14H,2,4,6-7,9-10,18H2,1H3. The first kappa shape index (κ1) is 13.3. The van der Waals surface area contributed by atoms with Gasteiger partial charge in [-0.15, -0.1) is 0 Å². The fourth-order valence-corrected chi connectivity index (χ4v) is 4.19. The summed E-state index contributed by atoms with van der Waals surface area (Å²) in [5.74, 6) is 2.96. The topological polar surface area (TPSA) is 29.3 Å². The molecule has 104 valence electrons. The number of hydrogen-bond donors (Lipinski definition) is 1. The van der Waals surface area contributed by atoms with Gasteiger partial charge in [0.05, 0.1) is 10.7 Å². The number of nitrogens with zero attached hydrogens (tertiary/aromatic N) is 1. The maximum absolute atomic E-state index is 5.96. The SMILES string of the molecule is CN(Cc1ccc(Cl)c(N)c1)CC1CC2CCC1C2. The molecular weight excluding hydrogens is 256 g/mol. The molecule has 1 aromatic carbocycles. The smallest absolute Gasteiger partial charge is 0.0635 e. The van der Waals surface area contributed by atoms with E-state index >= 15 is 0 Å². The van der Waals surface area contributed by atoms with E-state index < -0.39 is 0 Å². The van der Waals surface area contributed by atoms with Crippen molar-refractivity contribution in [2.45, 2.75) is 32.2 Å². The minimum Gasteiger partial charge on any atom is -0.398 e. The Morgan fingerprint density at radius 2 is 2.16 bits per heavy atom. The molecule has 0 aliphatic heterocycles. The summed E-state index contributed by atoms with van der Waals surface area (Å²) in [6.45, 7) is 2.19. The molecule has 3 heteroatoms. The molecule has 3 atom stereocenters. The molecule has 2 aliphatic carbocycles. The second kappa shape index (κ2) is 5.34. The van der Waals surface area contributed by atoms with Crippen LogP contribution in [0.3, 0.4) is 0 Å². The lowest BCUT2D eigenvalue weighted by Gasteiger charge is -2.27. The van der Waals surface area contributed by atoms with Crippen molar-refractivity contribution in [1.29, 1.82) is 0 Å². The Balaban J connectivity index is 1.56. The Morgan fingerprint density at radius 1 is 1.32 bits per heavy atom. The van der Waals surface area contributed by atoms with Crippen LogP contribution in [-0.2, 0) is 6.54 Å². The lowest BCUT2D eigenvalue weighted by atomic mass is 9.88. The number of hydrogen-bond acceptors (Lipinski definition) is 2. The molecule has 2 nitrogen and oxygen atoms in total. The van der Waals surface area contributed by atoms with Crippen LogP contribution in [0.15, 0.2) is 18.2 Å². The highest BCUT2D eigenvalue weighted by atomic mass is 35.5. The molecule has 3 rings (SSSR count). The average molecular weight is 279 g/mol. The van der Waals surface area contributed by atoms with Crippen LogP contribution in [0, 0.1) is 17.8 Å². The van der Waals surface area contributed by atoms with E-state index in [0.717, 1.165) is 24.3 Å². The van der Waals surface area contributed by atoms with Crippen molar-refractivity contribution in [2.75, 3.05) is 19.3 Å². The van der Waals surface area contributed by atoms with E-state index in [4.69, 9.17) is 17.3 Å². The molecule has 2 bridgehead atoms. The third-order valence-corrected chi connectivity index (χ3v) is 5.29. The molecule has 0 heterocycles. The molecule has 2 fully saturated rings.